The minimum Gasteiger partial charge on any atom is -0.497 e. The summed E-state index contributed by atoms with van der Waals surface area (Å²) in [4.78, 5) is 12.3. The van der Waals surface area contributed by atoms with Crippen LogP contribution in [0.15, 0.2) is 29.2 Å². The van der Waals surface area contributed by atoms with Gasteiger partial charge in [0.05, 0.1) is 37.9 Å². The van der Waals surface area contributed by atoms with Crippen LogP contribution in [0.4, 0.5) is 0 Å². The molecule has 29 heavy (non-hydrogen) atoms. The number of aliphatic hydroxyl groups excluding tert-OH is 2. The van der Waals surface area contributed by atoms with E-state index in [1.807, 2.05) is 0 Å². The van der Waals surface area contributed by atoms with Crippen molar-refractivity contribution in [1.82, 2.24) is 4.72 Å². The Morgan fingerprint density at radius 3 is 2.41 bits per heavy atom. The molecular weight excluding hydrogens is 406 g/mol. The number of hydrogen-bond acceptors (Lipinski definition) is 9. The molecule has 0 unspecified atom stereocenters. The third kappa shape index (κ3) is 5.65. The van der Waals surface area contributed by atoms with Gasteiger partial charge in [0, 0.05) is 0 Å². The van der Waals surface area contributed by atoms with E-state index >= 15 is 0 Å². The number of sulfonamides is 1. The largest absolute Gasteiger partial charge is 0.497 e. The van der Waals surface area contributed by atoms with E-state index in [-0.39, 0.29) is 11.5 Å². The summed E-state index contributed by atoms with van der Waals surface area (Å²) in [5.74, 6) is -0.464. The highest BCUT2D eigenvalue weighted by molar-refractivity contribution is 7.89. The summed E-state index contributed by atoms with van der Waals surface area (Å²) in [6.45, 7) is 2.79. The van der Waals surface area contributed by atoms with Crippen molar-refractivity contribution >= 4 is 16.0 Å². The van der Waals surface area contributed by atoms with Crippen molar-refractivity contribution in [3.05, 3.63) is 24.3 Å². The molecule has 164 valence electrons. The predicted octanol–water partition coefficient (Wildman–Crippen LogP) is -0.569. The second-order valence-corrected chi connectivity index (χ2v) is 8.88. The summed E-state index contributed by atoms with van der Waals surface area (Å²) in [6.07, 6.45) is -3.80. The molecule has 11 heteroatoms. The number of ether oxygens (including phenoxy) is 4. The number of carbonyl (C=O) groups is 1. The molecule has 1 heterocycles. The molecule has 0 radical (unpaired) electrons. The third-order valence-electron chi connectivity index (χ3n) is 4.40. The van der Waals surface area contributed by atoms with Gasteiger partial charge in [0.2, 0.25) is 10.0 Å². The molecule has 0 spiro atoms. The topological polar surface area (TPSA) is 141 Å². The first-order valence-corrected chi connectivity index (χ1v) is 10.4. The number of hydrogen-bond donors (Lipinski definition) is 3. The van der Waals surface area contributed by atoms with Gasteiger partial charge in [-0.3, -0.25) is 4.79 Å². The molecule has 1 fully saturated rings. The van der Waals surface area contributed by atoms with Crippen LogP contribution in [0.25, 0.3) is 0 Å². The molecule has 4 atom stereocenters. The highest BCUT2D eigenvalue weighted by atomic mass is 32.2. The summed E-state index contributed by atoms with van der Waals surface area (Å²) in [5, 5.41) is 19.4. The van der Waals surface area contributed by atoms with Crippen molar-refractivity contribution in [1.29, 1.82) is 0 Å². The van der Waals surface area contributed by atoms with Crippen LogP contribution in [0, 0.1) is 0 Å². The van der Waals surface area contributed by atoms with Gasteiger partial charge in [-0.15, -0.1) is 0 Å². The molecule has 1 aromatic rings. The average Bonchev–Trinajstić information content (AvgIpc) is 2.70. The zero-order valence-corrected chi connectivity index (χ0v) is 17.5. The van der Waals surface area contributed by atoms with Gasteiger partial charge in [0.25, 0.3) is 0 Å². The van der Waals surface area contributed by atoms with Gasteiger partial charge >= 0.3 is 5.97 Å². The molecule has 1 saturated heterocycles. The van der Waals surface area contributed by atoms with E-state index < -0.39 is 52.6 Å². The second-order valence-electron chi connectivity index (χ2n) is 7.17. The number of esters is 1. The molecule has 2 rings (SSSR count). The molecule has 1 aromatic carbocycles. The van der Waals surface area contributed by atoms with E-state index in [1.165, 1.54) is 31.4 Å². The number of rotatable bonds is 8. The van der Waals surface area contributed by atoms with Crippen molar-refractivity contribution in [2.75, 3.05) is 27.4 Å². The van der Waals surface area contributed by atoms with Crippen LogP contribution in [0.3, 0.4) is 0 Å². The maximum atomic E-state index is 12.8. The van der Waals surface area contributed by atoms with Gasteiger partial charge in [-0.05, 0) is 38.1 Å². The van der Waals surface area contributed by atoms with E-state index in [9.17, 15) is 23.4 Å². The number of benzene rings is 1. The molecule has 1 aliphatic heterocycles. The zero-order chi connectivity index (χ0) is 21.8. The van der Waals surface area contributed by atoms with E-state index in [2.05, 4.69) is 4.72 Å². The monoisotopic (exact) mass is 433 g/mol. The Hall–Kier alpha value is -1.76. The highest BCUT2D eigenvalue weighted by Crippen LogP contribution is 2.28. The Morgan fingerprint density at radius 1 is 1.28 bits per heavy atom. The van der Waals surface area contributed by atoms with Crippen LogP contribution in [0.2, 0.25) is 0 Å². The Labute approximate surface area is 169 Å². The van der Waals surface area contributed by atoms with Crippen LogP contribution >= 0.6 is 0 Å². The fourth-order valence-electron chi connectivity index (χ4n) is 2.92. The number of aliphatic hydroxyl groups is 2. The normalized spacial score (nSPS) is 23.8. The van der Waals surface area contributed by atoms with E-state index in [0.717, 1.165) is 7.11 Å². The van der Waals surface area contributed by atoms with Gasteiger partial charge < -0.3 is 29.2 Å². The molecule has 0 aromatic heterocycles. The van der Waals surface area contributed by atoms with Crippen molar-refractivity contribution in [3.63, 3.8) is 0 Å². The van der Waals surface area contributed by atoms with Gasteiger partial charge in [-0.2, -0.15) is 4.72 Å². The van der Waals surface area contributed by atoms with Crippen molar-refractivity contribution < 1.29 is 42.4 Å². The van der Waals surface area contributed by atoms with Crippen LogP contribution < -0.4 is 9.46 Å². The first-order chi connectivity index (χ1) is 13.5. The number of nitrogens with one attached hydrogen (secondary N) is 1. The predicted molar refractivity (Wildman–Crippen MR) is 101 cm³/mol. The highest BCUT2D eigenvalue weighted by Gasteiger charge is 2.48. The fraction of sp³-hybridized carbons (Fsp3) is 0.611. The SMILES string of the molecule is COC(=O)[C@H](NS(=O)(=O)c1ccc(OC)cc1)[C@@H]1OC(C)(C)CO[C@H]1[C@@H](O)CO. The first-order valence-electron chi connectivity index (χ1n) is 8.87. The first kappa shape index (κ1) is 23.5. The van der Waals surface area contributed by atoms with E-state index in [0.29, 0.717) is 5.75 Å². The summed E-state index contributed by atoms with van der Waals surface area (Å²) < 4.78 is 49.2. The van der Waals surface area contributed by atoms with Gasteiger partial charge in [0.15, 0.2) is 0 Å². The maximum Gasteiger partial charge on any atom is 0.326 e. The lowest BCUT2D eigenvalue weighted by molar-refractivity contribution is -0.249. The Morgan fingerprint density at radius 2 is 1.90 bits per heavy atom. The van der Waals surface area contributed by atoms with Crippen LogP contribution in [-0.2, 0) is 29.0 Å². The van der Waals surface area contributed by atoms with Crippen molar-refractivity contribution in [2.45, 2.75) is 48.7 Å². The standard InChI is InChI=1S/C18H27NO9S/c1-18(2)10-27-15(13(21)9-20)16(28-18)14(17(22)26-4)19-29(23,24)12-7-5-11(25-3)6-8-12/h5-8,13-16,19-21H,9-10H2,1-4H3/t13-,14+,15-,16-/m0/s1. The van der Waals surface area contributed by atoms with Crippen LogP contribution in [0.5, 0.6) is 5.75 Å². The average molecular weight is 433 g/mol. The van der Waals surface area contributed by atoms with Gasteiger partial charge in [-0.25, -0.2) is 8.42 Å². The summed E-state index contributed by atoms with van der Waals surface area (Å²) in [7, 11) is -1.62. The second kappa shape index (κ2) is 9.37. The molecule has 1 aliphatic rings. The summed E-state index contributed by atoms with van der Waals surface area (Å²) in [5.41, 5.74) is -0.867. The molecule has 3 N–H and O–H groups in total. The lowest BCUT2D eigenvalue weighted by atomic mass is 9.97. The lowest BCUT2D eigenvalue weighted by Crippen LogP contribution is -2.63. The molecule has 0 saturated carbocycles. The molecule has 0 aliphatic carbocycles. The molecule has 0 bridgehead atoms. The Balaban J connectivity index is 2.38. The number of carbonyl (C=O) groups excluding carboxylic acids is 1. The van der Waals surface area contributed by atoms with Crippen molar-refractivity contribution in [3.8, 4) is 5.75 Å². The summed E-state index contributed by atoms with van der Waals surface area (Å²) in [6, 6.07) is 4.03. The lowest BCUT2D eigenvalue weighted by Gasteiger charge is -2.44. The quantitative estimate of drug-likeness (QED) is 0.460. The van der Waals surface area contributed by atoms with Crippen LogP contribution in [0.1, 0.15) is 13.8 Å². The summed E-state index contributed by atoms with van der Waals surface area (Å²) >= 11 is 0. The van der Waals surface area contributed by atoms with E-state index in [4.69, 9.17) is 18.9 Å². The molecule has 10 nitrogen and oxygen atoms in total. The van der Waals surface area contributed by atoms with Crippen LogP contribution in [-0.4, -0.2) is 82.0 Å². The fourth-order valence-corrected chi connectivity index (χ4v) is 4.11. The Bertz CT molecular complexity index is 794. The van der Waals surface area contributed by atoms with Gasteiger partial charge in [0.1, 0.15) is 30.1 Å². The minimum absolute atomic E-state index is 0.0738. The molecule has 0 amide bonds. The van der Waals surface area contributed by atoms with E-state index in [1.54, 1.807) is 13.8 Å². The number of methoxy groups -OCH3 is 2. The smallest absolute Gasteiger partial charge is 0.326 e. The Kier molecular flexibility index (Phi) is 7.60. The van der Waals surface area contributed by atoms with Crippen molar-refractivity contribution in [2.24, 2.45) is 0 Å². The minimum atomic E-state index is -4.17. The maximum absolute atomic E-state index is 12.8. The molecular formula is C18H27NO9S. The third-order valence-corrected chi connectivity index (χ3v) is 5.86. The zero-order valence-electron chi connectivity index (χ0n) is 16.7. The van der Waals surface area contributed by atoms with Gasteiger partial charge in [-0.1, -0.05) is 0 Å².